The Balaban J connectivity index is 1.32. The minimum absolute atomic E-state index is 0.780. The Kier molecular flexibility index (Phi) is 5.81. The highest BCUT2D eigenvalue weighted by molar-refractivity contribution is 5.62. The van der Waals surface area contributed by atoms with E-state index in [0.717, 1.165) is 48.0 Å². The molecule has 0 amide bonds. The van der Waals surface area contributed by atoms with Gasteiger partial charge in [-0.1, -0.05) is 42.5 Å². The van der Waals surface area contributed by atoms with Crippen LogP contribution in [0.25, 0.3) is 11.6 Å². The first-order chi connectivity index (χ1) is 19.6. The lowest BCUT2D eigenvalue weighted by Gasteiger charge is -2.21. The van der Waals surface area contributed by atoms with E-state index in [1.165, 1.54) is 11.1 Å². The average Bonchev–Trinajstić information content (AvgIpc) is 3.67. The number of hydrogen-bond acceptors (Lipinski definition) is 5. The van der Waals surface area contributed by atoms with Gasteiger partial charge in [0.15, 0.2) is 0 Å². The second-order valence-corrected chi connectivity index (χ2v) is 9.98. The molecule has 2 aliphatic rings. The molecule has 7 heterocycles. The van der Waals surface area contributed by atoms with Gasteiger partial charge in [-0.05, 0) is 35.4 Å². The van der Waals surface area contributed by atoms with Gasteiger partial charge in [-0.2, -0.15) is 19.1 Å². The molecule has 0 saturated carbocycles. The highest BCUT2D eigenvalue weighted by atomic mass is 15.3. The Bertz CT molecular complexity index is 1670. The molecular weight excluding hydrogens is 498 g/mol. The van der Waals surface area contributed by atoms with Gasteiger partial charge < -0.3 is 9.80 Å². The summed E-state index contributed by atoms with van der Waals surface area (Å²) in [7, 11) is 3.97. The van der Waals surface area contributed by atoms with E-state index in [2.05, 4.69) is 58.4 Å². The molecule has 6 aromatic rings. The molecule has 40 heavy (non-hydrogen) atoms. The van der Waals surface area contributed by atoms with E-state index in [9.17, 15) is 0 Å². The first-order valence-electron chi connectivity index (χ1n) is 13.2. The topological polar surface area (TPSA) is 62.8 Å². The minimum Gasteiger partial charge on any atom is -0.314 e. The zero-order chi connectivity index (χ0) is 27.1. The Hall–Kier alpha value is -5.31. The van der Waals surface area contributed by atoms with Gasteiger partial charge >= 0.3 is 0 Å². The molecule has 0 unspecified atom stereocenters. The summed E-state index contributed by atoms with van der Waals surface area (Å²) in [5.41, 5.74) is 2.48. The lowest BCUT2D eigenvalue weighted by molar-refractivity contribution is -0.688. The first kappa shape index (κ1) is 23.8. The van der Waals surface area contributed by atoms with Crippen molar-refractivity contribution in [2.24, 2.45) is 0 Å². The smallest absolute Gasteiger partial charge is 0.250 e. The van der Waals surface area contributed by atoms with Crippen LogP contribution >= 0.6 is 0 Å². The quantitative estimate of drug-likeness (QED) is 0.280. The lowest BCUT2D eigenvalue weighted by Crippen LogP contribution is -2.32. The third-order valence-corrected chi connectivity index (χ3v) is 7.20. The molecule has 8 rings (SSSR count). The summed E-state index contributed by atoms with van der Waals surface area (Å²) in [6.07, 6.45) is 12.4. The maximum absolute atomic E-state index is 4.95. The number of benzene rings is 1. The van der Waals surface area contributed by atoms with Gasteiger partial charge in [0, 0.05) is 26.2 Å². The van der Waals surface area contributed by atoms with Gasteiger partial charge in [-0.15, -0.1) is 0 Å². The molecule has 0 aliphatic carbocycles. The molecule has 0 spiro atoms. The second-order valence-electron chi connectivity index (χ2n) is 9.98. The predicted molar refractivity (Wildman–Crippen MR) is 153 cm³/mol. The number of imidazole rings is 2. The van der Waals surface area contributed by atoms with Crippen LogP contribution < -0.4 is 18.9 Å². The molecule has 12 bridgehead atoms. The van der Waals surface area contributed by atoms with Crippen LogP contribution in [0.2, 0.25) is 0 Å². The molecule has 0 fully saturated rings. The molecule has 9 nitrogen and oxygen atoms in total. The van der Waals surface area contributed by atoms with Gasteiger partial charge in [0.05, 0.1) is 0 Å². The van der Waals surface area contributed by atoms with Gasteiger partial charge in [0.2, 0.25) is 11.6 Å². The zero-order valence-electron chi connectivity index (χ0n) is 22.4. The number of rotatable bonds is 0. The van der Waals surface area contributed by atoms with Crippen molar-refractivity contribution < 1.29 is 9.13 Å². The Labute approximate surface area is 232 Å². The summed E-state index contributed by atoms with van der Waals surface area (Å²) in [4.78, 5) is 18.8. The van der Waals surface area contributed by atoms with Gasteiger partial charge in [-0.3, -0.25) is 0 Å². The summed E-state index contributed by atoms with van der Waals surface area (Å²) >= 11 is 0. The maximum Gasteiger partial charge on any atom is 0.250 e. The molecule has 2 aliphatic heterocycles. The van der Waals surface area contributed by atoms with Crippen molar-refractivity contribution in [3.63, 3.8) is 0 Å². The van der Waals surface area contributed by atoms with Crippen molar-refractivity contribution in [3.8, 4) is 11.6 Å². The molecule has 0 atom stereocenters. The van der Waals surface area contributed by atoms with Crippen LogP contribution in [0.15, 0.2) is 116 Å². The van der Waals surface area contributed by atoms with Crippen molar-refractivity contribution in [2.45, 2.75) is 13.1 Å². The Morgan fingerprint density at radius 2 is 0.850 bits per heavy atom. The molecule has 0 radical (unpaired) electrons. The van der Waals surface area contributed by atoms with Gasteiger partial charge in [-0.25, -0.2) is 14.1 Å². The third-order valence-electron chi connectivity index (χ3n) is 7.20. The van der Waals surface area contributed by atoms with E-state index in [0.29, 0.717) is 0 Å². The second kappa shape index (κ2) is 9.77. The van der Waals surface area contributed by atoms with Gasteiger partial charge in [0.1, 0.15) is 61.1 Å². The van der Waals surface area contributed by atoms with Crippen LogP contribution in [-0.4, -0.2) is 38.2 Å². The van der Waals surface area contributed by atoms with Crippen molar-refractivity contribution in [1.29, 1.82) is 0 Å². The molecular formula is C31H29N9+2. The van der Waals surface area contributed by atoms with E-state index < -0.39 is 0 Å². The highest BCUT2D eigenvalue weighted by Crippen LogP contribution is 2.26. The maximum atomic E-state index is 4.95. The Morgan fingerprint density at radius 3 is 1.25 bits per heavy atom. The number of pyridine rings is 3. The number of anilines is 4. The predicted octanol–water partition coefficient (Wildman–Crippen LogP) is 3.97. The zero-order valence-corrected chi connectivity index (χ0v) is 22.4. The van der Waals surface area contributed by atoms with E-state index >= 15 is 0 Å². The highest BCUT2D eigenvalue weighted by Gasteiger charge is 2.16. The fraction of sp³-hybridized carbons (Fsp3) is 0.129. The first-order valence-corrected chi connectivity index (χ1v) is 13.2. The molecule has 5 aromatic heterocycles. The molecule has 196 valence electrons. The lowest BCUT2D eigenvalue weighted by atomic mass is 10.1. The van der Waals surface area contributed by atoms with E-state index in [1.807, 2.05) is 100 Å². The van der Waals surface area contributed by atoms with Crippen LogP contribution in [0.4, 0.5) is 23.3 Å². The SMILES string of the molecule is CN1c2cccc(n2)N(C)c2cccc(n2)-n2cc[n+](c2)Cc2ccc(cc2)C[n+]2ccn(c2)-c2cccc1n2. The summed E-state index contributed by atoms with van der Waals surface area (Å²) in [5.74, 6) is 4.88. The fourth-order valence-corrected chi connectivity index (χ4v) is 4.92. The van der Waals surface area contributed by atoms with Crippen molar-refractivity contribution >= 4 is 23.3 Å². The van der Waals surface area contributed by atoms with Crippen LogP contribution in [-0.2, 0) is 13.1 Å². The van der Waals surface area contributed by atoms with E-state index in [4.69, 9.17) is 15.0 Å². The van der Waals surface area contributed by atoms with Crippen LogP contribution in [0.1, 0.15) is 11.1 Å². The van der Waals surface area contributed by atoms with Crippen LogP contribution in [0.3, 0.4) is 0 Å². The fourth-order valence-electron chi connectivity index (χ4n) is 4.92. The largest absolute Gasteiger partial charge is 0.314 e. The standard InChI is InChI=1S/C31H29N9/c1-35-26-6-3-7-27(32-26)36(2)29-9-5-11-31(34-29)40-19-17-38(23-40)21-25-14-12-24(13-15-25)20-37-16-18-39(22-37)30-10-4-8-28(35)33-30/h3-19,22-23H,20-21H2,1-2H3/q+2. The normalized spacial score (nSPS) is 12.9. The van der Waals surface area contributed by atoms with Crippen LogP contribution in [0, 0.1) is 0 Å². The summed E-state index contributed by atoms with van der Waals surface area (Å²) < 4.78 is 8.41. The molecule has 0 N–H and O–H groups in total. The van der Waals surface area contributed by atoms with Crippen LogP contribution in [0.5, 0.6) is 0 Å². The van der Waals surface area contributed by atoms with Crippen molar-refractivity contribution in [2.75, 3.05) is 23.9 Å². The number of hydrogen-bond donors (Lipinski definition) is 0. The molecule has 9 heteroatoms. The molecule has 0 saturated heterocycles. The average molecular weight is 528 g/mol. The van der Waals surface area contributed by atoms with E-state index in [-0.39, 0.29) is 0 Å². The molecule has 1 aromatic carbocycles. The summed E-state index contributed by atoms with van der Waals surface area (Å²) in [6, 6.07) is 26.8. The number of fused-ring (bicyclic) bond motifs is 2. The summed E-state index contributed by atoms with van der Waals surface area (Å²) in [6.45, 7) is 1.56. The third kappa shape index (κ3) is 4.58. The minimum atomic E-state index is 0.780. The summed E-state index contributed by atoms with van der Waals surface area (Å²) in [5, 5.41) is 0. The number of aromatic nitrogens is 7. The monoisotopic (exact) mass is 527 g/mol. The van der Waals surface area contributed by atoms with Gasteiger partial charge in [0.25, 0.3) is 12.7 Å². The number of nitrogens with zero attached hydrogens (tertiary/aromatic N) is 9. The Morgan fingerprint density at radius 1 is 0.500 bits per heavy atom. The van der Waals surface area contributed by atoms with Crippen molar-refractivity contribution in [3.05, 3.63) is 127 Å². The van der Waals surface area contributed by atoms with Crippen molar-refractivity contribution in [1.82, 2.24) is 24.1 Å². The van der Waals surface area contributed by atoms with E-state index in [1.54, 1.807) is 0 Å².